The van der Waals surface area contributed by atoms with Crippen LogP contribution in [-0.2, 0) is 11.3 Å². The third-order valence-corrected chi connectivity index (χ3v) is 3.51. The summed E-state index contributed by atoms with van der Waals surface area (Å²) in [5, 5.41) is 7.63. The fourth-order valence-electron chi connectivity index (χ4n) is 2.36. The fraction of sp³-hybridized carbons (Fsp3) is 0.158. The zero-order valence-corrected chi connectivity index (χ0v) is 13.5. The van der Waals surface area contributed by atoms with Crippen molar-refractivity contribution in [1.29, 1.82) is 0 Å². The van der Waals surface area contributed by atoms with E-state index in [1.54, 1.807) is 25.3 Å². The number of hydrogen-bond donors (Lipinski definition) is 1. The molecule has 0 unspecified atom stereocenters. The van der Waals surface area contributed by atoms with Gasteiger partial charge in [-0.1, -0.05) is 30.3 Å². The van der Waals surface area contributed by atoms with Gasteiger partial charge in [0.05, 0.1) is 30.6 Å². The van der Waals surface area contributed by atoms with Crippen molar-refractivity contribution in [2.45, 2.75) is 13.5 Å². The highest BCUT2D eigenvalue weighted by Gasteiger charge is 2.06. The summed E-state index contributed by atoms with van der Waals surface area (Å²) in [5.41, 5.74) is 3.53. The molecule has 122 valence electrons. The van der Waals surface area contributed by atoms with Crippen molar-refractivity contribution < 1.29 is 9.53 Å². The Labute approximate surface area is 140 Å². The summed E-state index contributed by atoms with van der Waals surface area (Å²) in [6.45, 7) is 2.89. The van der Waals surface area contributed by atoms with Crippen LogP contribution in [0.4, 0.5) is 11.4 Å². The molecule has 0 fully saturated rings. The molecule has 24 heavy (non-hydrogen) atoms. The first-order chi connectivity index (χ1) is 11.7. The number of rotatable bonds is 6. The smallest absolute Gasteiger partial charge is 0.338 e. The fourth-order valence-corrected chi connectivity index (χ4v) is 2.36. The monoisotopic (exact) mass is 321 g/mol. The molecule has 1 heterocycles. The minimum atomic E-state index is -0.306. The molecular weight excluding hydrogens is 302 g/mol. The van der Waals surface area contributed by atoms with E-state index < -0.39 is 0 Å². The standard InChI is InChI=1S/C19H19N3O2/c1-2-24-19(23)16-8-10-17(11-9-16)21-18-12-20-22(14-18)13-15-6-4-3-5-7-15/h3-12,14,21H,2,13H2,1H3. The number of benzene rings is 2. The van der Waals surface area contributed by atoms with Crippen LogP contribution in [0.1, 0.15) is 22.8 Å². The normalized spacial score (nSPS) is 10.4. The lowest BCUT2D eigenvalue weighted by atomic mass is 10.2. The highest BCUT2D eigenvalue weighted by Crippen LogP contribution is 2.17. The Balaban J connectivity index is 1.63. The van der Waals surface area contributed by atoms with Crippen LogP contribution in [0.3, 0.4) is 0 Å². The van der Waals surface area contributed by atoms with Crippen LogP contribution >= 0.6 is 0 Å². The summed E-state index contributed by atoms with van der Waals surface area (Å²) in [6, 6.07) is 17.4. The van der Waals surface area contributed by atoms with E-state index in [0.29, 0.717) is 12.2 Å². The van der Waals surface area contributed by atoms with Crippen molar-refractivity contribution >= 4 is 17.3 Å². The minimum Gasteiger partial charge on any atom is -0.462 e. The molecule has 0 saturated carbocycles. The topological polar surface area (TPSA) is 56.1 Å². The maximum Gasteiger partial charge on any atom is 0.338 e. The lowest BCUT2D eigenvalue weighted by Crippen LogP contribution is -2.04. The molecule has 0 bridgehead atoms. The molecule has 1 N–H and O–H groups in total. The maximum atomic E-state index is 11.6. The van der Waals surface area contributed by atoms with E-state index in [-0.39, 0.29) is 5.97 Å². The van der Waals surface area contributed by atoms with Crippen LogP contribution in [0.25, 0.3) is 0 Å². The Kier molecular flexibility index (Phi) is 4.91. The van der Waals surface area contributed by atoms with Gasteiger partial charge in [0.2, 0.25) is 0 Å². The van der Waals surface area contributed by atoms with E-state index in [4.69, 9.17) is 4.74 Å². The quantitative estimate of drug-likeness (QED) is 0.701. The number of nitrogens with zero attached hydrogens (tertiary/aromatic N) is 2. The number of anilines is 2. The molecule has 3 rings (SSSR count). The second kappa shape index (κ2) is 7.46. The number of aromatic nitrogens is 2. The zero-order chi connectivity index (χ0) is 16.8. The molecule has 0 atom stereocenters. The molecule has 1 aromatic heterocycles. The number of carbonyl (C=O) groups is 1. The van der Waals surface area contributed by atoms with Gasteiger partial charge in [-0.25, -0.2) is 4.79 Å². The van der Waals surface area contributed by atoms with Crippen LogP contribution in [0, 0.1) is 0 Å². The average molecular weight is 321 g/mol. The summed E-state index contributed by atoms with van der Waals surface area (Å²) in [4.78, 5) is 11.6. The maximum absolute atomic E-state index is 11.6. The Hall–Kier alpha value is -3.08. The van der Waals surface area contributed by atoms with E-state index in [1.807, 2.05) is 41.2 Å². The molecule has 0 aliphatic rings. The van der Waals surface area contributed by atoms with Crippen molar-refractivity contribution in [3.63, 3.8) is 0 Å². The SMILES string of the molecule is CCOC(=O)c1ccc(Nc2cnn(Cc3ccccc3)c2)cc1. The lowest BCUT2D eigenvalue weighted by molar-refractivity contribution is 0.0526. The highest BCUT2D eigenvalue weighted by molar-refractivity contribution is 5.89. The van der Waals surface area contributed by atoms with Gasteiger partial charge < -0.3 is 10.1 Å². The van der Waals surface area contributed by atoms with Crippen LogP contribution in [-0.4, -0.2) is 22.4 Å². The summed E-state index contributed by atoms with van der Waals surface area (Å²) in [5.74, 6) is -0.306. The average Bonchev–Trinajstić information content (AvgIpc) is 3.03. The number of ether oxygens (including phenoxy) is 1. The molecule has 0 radical (unpaired) electrons. The second-order valence-corrected chi connectivity index (χ2v) is 5.34. The number of esters is 1. The van der Waals surface area contributed by atoms with Gasteiger partial charge in [0, 0.05) is 11.9 Å². The van der Waals surface area contributed by atoms with Gasteiger partial charge >= 0.3 is 5.97 Å². The van der Waals surface area contributed by atoms with Gasteiger partial charge in [0.25, 0.3) is 0 Å². The van der Waals surface area contributed by atoms with Crippen LogP contribution in [0.5, 0.6) is 0 Å². The molecule has 3 aromatic rings. The molecule has 5 nitrogen and oxygen atoms in total. The predicted molar refractivity (Wildman–Crippen MR) is 93.5 cm³/mol. The van der Waals surface area contributed by atoms with E-state index in [9.17, 15) is 4.79 Å². The third kappa shape index (κ3) is 4.01. The van der Waals surface area contributed by atoms with Crippen LogP contribution in [0.15, 0.2) is 67.0 Å². The van der Waals surface area contributed by atoms with Gasteiger partial charge in [0.1, 0.15) is 0 Å². The first-order valence-electron chi connectivity index (χ1n) is 7.85. The minimum absolute atomic E-state index is 0.306. The highest BCUT2D eigenvalue weighted by atomic mass is 16.5. The Morgan fingerprint density at radius 3 is 2.54 bits per heavy atom. The largest absolute Gasteiger partial charge is 0.462 e. The molecule has 0 spiro atoms. The first kappa shape index (κ1) is 15.8. The molecule has 0 saturated heterocycles. The third-order valence-electron chi connectivity index (χ3n) is 3.51. The van der Waals surface area contributed by atoms with Gasteiger partial charge in [0.15, 0.2) is 0 Å². The van der Waals surface area contributed by atoms with E-state index in [1.165, 1.54) is 5.56 Å². The van der Waals surface area contributed by atoms with E-state index >= 15 is 0 Å². The molecule has 0 aliphatic carbocycles. The predicted octanol–water partition coefficient (Wildman–Crippen LogP) is 3.85. The molecule has 5 heteroatoms. The summed E-state index contributed by atoms with van der Waals surface area (Å²) >= 11 is 0. The Bertz CT molecular complexity index is 795. The first-order valence-corrected chi connectivity index (χ1v) is 7.85. The number of carbonyl (C=O) groups excluding carboxylic acids is 1. The summed E-state index contributed by atoms with van der Waals surface area (Å²) in [7, 11) is 0. The molecule has 2 aromatic carbocycles. The summed E-state index contributed by atoms with van der Waals surface area (Å²) < 4.78 is 6.85. The van der Waals surface area contributed by atoms with Crippen molar-refractivity contribution in [2.75, 3.05) is 11.9 Å². The Morgan fingerprint density at radius 2 is 1.83 bits per heavy atom. The van der Waals surface area contributed by atoms with Crippen molar-refractivity contribution in [2.24, 2.45) is 0 Å². The van der Waals surface area contributed by atoms with Crippen molar-refractivity contribution in [3.05, 3.63) is 78.1 Å². The van der Waals surface area contributed by atoms with Crippen molar-refractivity contribution in [3.8, 4) is 0 Å². The lowest BCUT2D eigenvalue weighted by Gasteiger charge is -2.05. The molecular formula is C19H19N3O2. The molecule has 0 aliphatic heterocycles. The molecule has 0 amide bonds. The summed E-state index contributed by atoms with van der Waals surface area (Å²) in [6.07, 6.45) is 3.73. The van der Waals surface area contributed by atoms with Crippen LogP contribution in [0.2, 0.25) is 0 Å². The zero-order valence-electron chi connectivity index (χ0n) is 13.5. The van der Waals surface area contributed by atoms with E-state index in [0.717, 1.165) is 17.9 Å². The Morgan fingerprint density at radius 1 is 1.08 bits per heavy atom. The second-order valence-electron chi connectivity index (χ2n) is 5.34. The van der Waals surface area contributed by atoms with Gasteiger partial charge in [-0.3, -0.25) is 4.68 Å². The van der Waals surface area contributed by atoms with E-state index in [2.05, 4.69) is 22.5 Å². The van der Waals surface area contributed by atoms with Gasteiger partial charge in [-0.15, -0.1) is 0 Å². The van der Waals surface area contributed by atoms with Gasteiger partial charge in [-0.05, 0) is 36.8 Å². The number of nitrogens with one attached hydrogen (secondary N) is 1. The van der Waals surface area contributed by atoms with Crippen molar-refractivity contribution in [1.82, 2.24) is 9.78 Å². The number of hydrogen-bond acceptors (Lipinski definition) is 4. The van der Waals surface area contributed by atoms with Crippen LogP contribution < -0.4 is 5.32 Å². The van der Waals surface area contributed by atoms with Gasteiger partial charge in [-0.2, -0.15) is 5.10 Å².